The SMILES string of the molecule is O=C(Nc1ccc(-n2ccnc2P(=O)(O)c2ccccc2)cc1)c1ccc(Cl)cc1. The number of rotatable bonds is 5. The molecule has 0 saturated heterocycles. The summed E-state index contributed by atoms with van der Waals surface area (Å²) in [4.78, 5) is 27.2. The molecule has 0 saturated carbocycles. The zero-order chi connectivity index (χ0) is 21.1. The zero-order valence-corrected chi connectivity index (χ0v) is 17.3. The number of nitrogens with one attached hydrogen (secondary N) is 1. The summed E-state index contributed by atoms with van der Waals surface area (Å²) >= 11 is 5.85. The summed E-state index contributed by atoms with van der Waals surface area (Å²) in [5, 5.41) is 3.68. The number of hydrogen-bond donors (Lipinski definition) is 2. The van der Waals surface area contributed by atoms with Crippen molar-refractivity contribution in [2.24, 2.45) is 0 Å². The van der Waals surface area contributed by atoms with Gasteiger partial charge < -0.3 is 10.2 Å². The normalized spacial score (nSPS) is 12.9. The van der Waals surface area contributed by atoms with Gasteiger partial charge in [-0.15, -0.1) is 0 Å². The largest absolute Gasteiger partial charge is 0.336 e. The number of hydrogen-bond acceptors (Lipinski definition) is 3. The molecule has 30 heavy (non-hydrogen) atoms. The van der Waals surface area contributed by atoms with Crippen LogP contribution >= 0.6 is 19.0 Å². The molecule has 1 amide bonds. The Morgan fingerprint density at radius 1 is 0.967 bits per heavy atom. The van der Waals surface area contributed by atoms with Crippen molar-refractivity contribution in [2.75, 3.05) is 5.32 Å². The first-order chi connectivity index (χ1) is 14.4. The molecule has 0 fully saturated rings. The van der Waals surface area contributed by atoms with Crippen molar-refractivity contribution in [3.8, 4) is 5.69 Å². The second-order valence-electron chi connectivity index (χ2n) is 6.52. The van der Waals surface area contributed by atoms with Crippen LogP contribution in [-0.2, 0) is 4.57 Å². The fraction of sp³-hybridized carbons (Fsp3) is 0. The fourth-order valence-corrected chi connectivity index (χ4v) is 4.61. The van der Waals surface area contributed by atoms with E-state index in [1.165, 1.54) is 6.20 Å². The third kappa shape index (κ3) is 4.07. The van der Waals surface area contributed by atoms with Gasteiger partial charge in [-0.1, -0.05) is 29.8 Å². The van der Waals surface area contributed by atoms with Crippen molar-refractivity contribution in [3.63, 3.8) is 0 Å². The summed E-state index contributed by atoms with van der Waals surface area (Å²) in [5.74, 6) is -0.258. The van der Waals surface area contributed by atoms with E-state index < -0.39 is 7.37 Å². The van der Waals surface area contributed by atoms with Crippen molar-refractivity contribution in [3.05, 3.63) is 102 Å². The van der Waals surface area contributed by atoms with Crippen LogP contribution in [-0.4, -0.2) is 20.4 Å². The minimum Gasteiger partial charge on any atom is -0.336 e. The summed E-state index contributed by atoms with van der Waals surface area (Å²) in [6.45, 7) is 0. The minimum atomic E-state index is -3.86. The predicted molar refractivity (Wildman–Crippen MR) is 119 cm³/mol. The van der Waals surface area contributed by atoms with E-state index in [2.05, 4.69) is 10.3 Å². The molecule has 0 spiro atoms. The van der Waals surface area contributed by atoms with Gasteiger partial charge in [-0.05, 0) is 60.7 Å². The highest BCUT2D eigenvalue weighted by molar-refractivity contribution is 7.73. The summed E-state index contributed by atoms with van der Waals surface area (Å²) in [5.41, 5.74) is 1.80. The molecule has 150 valence electrons. The third-order valence-corrected chi connectivity index (χ3v) is 6.63. The molecule has 4 rings (SSSR count). The third-order valence-electron chi connectivity index (χ3n) is 4.51. The lowest BCUT2D eigenvalue weighted by molar-refractivity contribution is 0.102. The van der Waals surface area contributed by atoms with Crippen LogP contribution in [0, 0.1) is 0 Å². The van der Waals surface area contributed by atoms with Gasteiger partial charge in [0.15, 0.2) is 0 Å². The lowest BCUT2D eigenvalue weighted by Gasteiger charge is -2.14. The zero-order valence-electron chi connectivity index (χ0n) is 15.6. The molecule has 1 atom stereocenters. The number of amides is 1. The molecule has 0 aliphatic carbocycles. The molecule has 4 aromatic rings. The Kier molecular flexibility index (Phi) is 5.55. The van der Waals surface area contributed by atoms with Crippen molar-refractivity contribution >= 4 is 41.4 Å². The smallest absolute Gasteiger partial charge is 0.293 e. The molecule has 0 bridgehead atoms. The second-order valence-corrected chi connectivity index (χ2v) is 9.02. The number of nitrogens with zero attached hydrogens (tertiary/aromatic N) is 2. The lowest BCUT2D eigenvalue weighted by Crippen LogP contribution is -2.24. The Hall–Kier alpha value is -3.18. The van der Waals surface area contributed by atoms with Gasteiger partial charge in [-0.2, -0.15) is 0 Å². The van der Waals surface area contributed by atoms with E-state index in [4.69, 9.17) is 11.6 Å². The van der Waals surface area contributed by atoms with E-state index in [1.54, 1.807) is 89.6 Å². The molecule has 0 aliphatic heterocycles. The van der Waals surface area contributed by atoms with E-state index in [-0.39, 0.29) is 11.5 Å². The average Bonchev–Trinajstić information content (AvgIpc) is 3.26. The second kappa shape index (κ2) is 8.28. The molecule has 3 aromatic carbocycles. The molecular weight excluding hydrogens is 421 g/mol. The summed E-state index contributed by atoms with van der Waals surface area (Å²) in [6.07, 6.45) is 3.11. The molecule has 1 heterocycles. The fourth-order valence-electron chi connectivity index (χ4n) is 2.98. The van der Waals surface area contributed by atoms with Gasteiger partial charge in [-0.3, -0.25) is 13.9 Å². The lowest BCUT2D eigenvalue weighted by atomic mass is 10.2. The Morgan fingerprint density at radius 2 is 1.63 bits per heavy atom. The number of halogens is 1. The topological polar surface area (TPSA) is 84.2 Å². The van der Waals surface area contributed by atoms with Crippen LogP contribution in [0.25, 0.3) is 5.69 Å². The van der Waals surface area contributed by atoms with Crippen molar-refractivity contribution < 1.29 is 14.3 Å². The molecule has 6 nitrogen and oxygen atoms in total. The molecule has 1 aromatic heterocycles. The van der Waals surface area contributed by atoms with Gasteiger partial charge in [-0.25, -0.2) is 4.98 Å². The van der Waals surface area contributed by atoms with Gasteiger partial charge in [0.1, 0.15) is 0 Å². The predicted octanol–water partition coefficient (Wildman–Crippen LogP) is 4.00. The molecule has 0 radical (unpaired) electrons. The Labute approximate surface area is 178 Å². The highest BCUT2D eigenvalue weighted by atomic mass is 35.5. The Bertz CT molecular complexity index is 1220. The monoisotopic (exact) mass is 437 g/mol. The van der Waals surface area contributed by atoms with Crippen LogP contribution < -0.4 is 16.2 Å². The maximum atomic E-state index is 13.1. The van der Waals surface area contributed by atoms with E-state index in [9.17, 15) is 14.3 Å². The average molecular weight is 438 g/mol. The van der Waals surface area contributed by atoms with Gasteiger partial charge >= 0.3 is 0 Å². The maximum absolute atomic E-state index is 13.1. The molecule has 0 aliphatic rings. The van der Waals surface area contributed by atoms with Crippen LogP contribution in [0.3, 0.4) is 0 Å². The van der Waals surface area contributed by atoms with Crippen LogP contribution in [0.15, 0.2) is 91.3 Å². The summed E-state index contributed by atoms with van der Waals surface area (Å²) < 4.78 is 14.6. The number of anilines is 1. The van der Waals surface area contributed by atoms with Crippen molar-refractivity contribution in [1.82, 2.24) is 9.55 Å². The number of imidazole rings is 1. The summed E-state index contributed by atoms with van der Waals surface area (Å²) in [6, 6.07) is 21.9. The van der Waals surface area contributed by atoms with E-state index in [0.717, 1.165) is 0 Å². The Morgan fingerprint density at radius 3 is 2.30 bits per heavy atom. The first-order valence-corrected chi connectivity index (χ1v) is 11.1. The van der Waals surface area contributed by atoms with Gasteiger partial charge in [0.2, 0.25) is 5.57 Å². The van der Waals surface area contributed by atoms with Gasteiger partial charge in [0.25, 0.3) is 13.3 Å². The standard InChI is InChI=1S/C22H17ClN3O3P/c23-17-8-6-16(7-9-17)21(27)25-18-10-12-19(13-11-18)26-15-14-24-22(26)30(28,29)20-4-2-1-3-5-20/h1-15H,(H,25,27)(H,28,29). The van der Waals surface area contributed by atoms with Gasteiger partial charge in [0, 0.05) is 39.7 Å². The number of carbonyl (C=O) groups excluding carboxylic acids is 1. The van der Waals surface area contributed by atoms with E-state index in [1.807, 2.05) is 0 Å². The first kappa shape index (κ1) is 20.1. The summed E-state index contributed by atoms with van der Waals surface area (Å²) in [7, 11) is -3.86. The number of aromatic nitrogens is 2. The van der Waals surface area contributed by atoms with E-state index >= 15 is 0 Å². The molecule has 8 heteroatoms. The Balaban J connectivity index is 1.57. The maximum Gasteiger partial charge on any atom is 0.293 e. The van der Waals surface area contributed by atoms with E-state index in [0.29, 0.717) is 27.3 Å². The van der Waals surface area contributed by atoms with Crippen molar-refractivity contribution in [1.29, 1.82) is 0 Å². The molecule has 1 unspecified atom stereocenters. The van der Waals surface area contributed by atoms with Crippen LogP contribution in [0.2, 0.25) is 5.02 Å². The first-order valence-electron chi connectivity index (χ1n) is 9.05. The quantitative estimate of drug-likeness (QED) is 0.462. The highest BCUT2D eigenvalue weighted by Gasteiger charge is 2.29. The minimum absolute atomic E-state index is 0.0617. The van der Waals surface area contributed by atoms with Gasteiger partial charge in [0.05, 0.1) is 0 Å². The van der Waals surface area contributed by atoms with Crippen molar-refractivity contribution in [2.45, 2.75) is 0 Å². The number of benzene rings is 3. The molecular formula is C22H17ClN3O3P. The number of carbonyl (C=O) groups is 1. The molecule has 2 N–H and O–H groups in total. The highest BCUT2D eigenvalue weighted by Crippen LogP contribution is 2.37. The van der Waals surface area contributed by atoms with Crippen LogP contribution in [0.1, 0.15) is 10.4 Å². The van der Waals surface area contributed by atoms with Crippen LogP contribution in [0.5, 0.6) is 0 Å². The van der Waals surface area contributed by atoms with Crippen LogP contribution in [0.4, 0.5) is 5.69 Å².